The largest absolute Gasteiger partial charge is 0.309 e. The van der Waals surface area contributed by atoms with Crippen molar-refractivity contribution in [3.05, 3.63) is 83.9 Å². The lowest BCUT2D eigenvalue weighted by Crippen LogP contribution is -1.93. The molecule has 0 atom stereocenters. The third kappa shape index (κ3) is 2.27. The summed E-state index contributed by atoms with van der Waals surface area (Å²) in [6, 6.07) is 25.3. The van der Waals surface area contributed by atoms with Crippen LogP contribution in [0.4, 0.5) is 0 Å². The molecule has 0 N–H and O–H groups in total. The lowest BCUT2D eigenvalue weighted by Gasteiger charge is -2.08. The number of benzene rings is 3. The minimum atomic E-state index is 0.645. The van der Waals surface area contributed by atoms with E-state index in [4.69, 9.17) is 0 Å². The lowest BCUT2D eigenvalue weighted by atomic mass is 10.2. The molecule has 3 aromatic carbocycles. The number of fused-ring (bicyclic) bond motifs is 3. The van der Waals surface area contributed by atoms with Crippen molar-refractivity contribution in [1.82, 2.24) is 9.55 Å². The van der Waals surface area contributed by atoms with Crippen molar-refractivity contribution in [2.45, 2.75) is 0 Å². The number of aromatic nitrogens is 2. The molecular weight excluding hydrogens is 340 g/mol. The van der Waals surface area contributed by atoms with Crippen molar-refractivity contribution in [3.8, 4) is 16.3 Å². The van der Waals surface area contributed by atoms with E-state index in [9.17, 15) is 4.79 Å². The highest BCUT2D eigenvalue weighted by Gasteiger charge is 2.11. The highest BCUT2D eigenvalue weighted by molar-refractivity contribution is 7.16. The number of thiazole rings is 1. The Hall–Kier alpha value is -3.24. The lowest BCUT2D eigenvalue weighted by molar-refractivity contribution is 0.112. The highest BCUT2D eigenvalue weighted by Crippen LogP contribution is 2.32. The van der Waals surface area contributed by atoms with Gasteiger partial charge in [0.2, 0.25) is 0 Å². The maximum Gasteiger partial charge on any atom is 0.161 e. The second-order valence-corrected chi connectivity index (χ2v) is 7.16. The van der Waals surface area contributed by atoms with Gasteiger partial charge < -0.3 is 4.57 Å². The first-order valence-electron chi connectivity index (χ1n) is 8.35. The van der Waals surface area contributed by atoms with E-state index in [1.807, 2.05) is 0 Å². The minimum Gasteiger partial charge on any atom is -0.309 e. The van der Waals surface area contributed by atoms with Crippen molar-refractivity contribution in [2.24, 2.45) is 0 Å². The van der Waals surface area contributed by atoms with E-state index < -0.39 is 0 Å². The Bertz CT molecular complexity index is 1200. The Labute approximate surface area is 154 Å². The van der Waals surface area contributed by atoms with Gasteiger partial charge in [-0.1, -0.05) is 36.4 Å². The van der Waals surface area contributed by atoms with Crippen LogP contribution in [-0.4, -0.2) is 15.8 Å². The van der Waals surface area contributed by atoms with Gasteiger partial charge in [0.05, 0.1) is 15.9 Å². The van der Waals surface area contributed by atoms with Gasteiger partial charge in [-0.2, -0.15) is 0 Å². The average Bonchev–Trinajstić information content (AvgIpc) is 3.31. The van der Waals surface area contributed by atoms with Gasteiger partial charge in [-0.3, -0.25) is 4.79 Å². The second kappa shape index (κ2) is 5.93. The number of hydrogen-bond acceptors (Lipinski definition) is 3. The SMILES string of the molecule is O=Cc1cnc(-c2ccc(-n3c4ccccc4c4ccccc43)cc2)s1. The van der Waals surface area contributed by atoms with Gasteiger partial charge in [0.25, 0.3) is 0 Å². The molecule has 2 heterocycles. The van der Waals surface area contributed by atoms with Crippen molar-refractivity contribution >= 4 is 39.4 Å². The number of rotatable bonds is 3. The number of aldehydes is 1. The number of carbonyl (C=O) groups is 1. The summed E-state index contributed by atoms with van der Waals surface area (Å²) < 4.78 is 2.28. The molecule has 0 amide bonds. The number of nitrogens with zero attached hydrogens (tertiary/aromatic N) is 2. The second-order valence-electron chi connectivity index (χ2n) is 6.10. The van der Waals surface area contributed by atoms with Crippen LogP contribution in [-0.2, 0) is 0 Å². The summed E-state index contributed by atoms with van der Waals surface area (Å²) in [6.07, 6.45) is 2.46. The standard InChI is InChI=1S/C22H14N2OS/c25-14-17-13-23-22(26-17)15-9-11-16(12-10-15)24-20-7-3-1-5-18(20)19-6-2-4-8-21(19)24/h1-14H. The Balaban J connectivity index is 1.69. The maximum atomic E-state index is 10.9. The first kappa shape index (κ1) is 15.0. The zero-order chi connectivity index (χ0) is 17.5. The summed E-state index contributed by atoms with van der Waals surface area (Å²) in [5.74, 6) is 0. The Morgan fingerprint density at radius 2 is 1.42 bits per heavy atom. The van der Waals surface area contributed by atoms with Gasteiger partial charge >= 0.3 is 0 Å². The van der Waals surface area contributed by atoms with Gasteiger partial charge in [0.1, 0.15) is 5.01 Å². The molecule has 0 spiro atoms. The van der Waals surface area contributed by atoms with Crippen LogP contribution < -0.4 is 0 Å². The van der Waals surface area contributed by atoms with E-state index in [1.165, 1.54) is 33.1 Å². The number of para-hydroxylation sites is 2. The molecule has 0 unspecified atom stereocenters. The maximum absolute atomic E-state index is 10.9. The van der Waals surface area contributed by atoms with Crippen molar-refractivity contribution < 1.29 is 4.79 Å². The first-order valence-corrected chi connectivity index (χ1v) is 9.17. The van der Waals surface area contributed by atoms with E-state index in [0.29, 0.717) is 4.88 Å². The van der Waals surface area contributed by atoms with Crippen molar-refractivity contribution in [1.29, 1.82) is 0 Å². The summed E-state index contributed by atoms with van der Waals surface area (Å²) in [5.41, 5.74) is 4.52. The Kier molecular flexibility index (Phi) is 3.43. The molecule has 0 saturated carbocycles. The molecule has 4 heteroatoms. The van der Waals surface area contributed by atoms with Crippen LogP contribution in [0.15, 0.2) is 79.0 Å². The topological polar surface area (TPSA) is 34.9 Å². The molecule has 124 valence electrons. The molecule has 0 aliphatic carbocycles. The molecule has 26 heavy (non-hydrogen) atoms. The number of hydrogen-bond donors (Lipinski definition) is 0. The zero-order valence-electron chi connectivity index (χ0n) is 13.8. The van der Waals surface area contributed by atoms with E-state index >= 15 is 0 Å². The molecule has 3 nitrogen and oxygen atoms in total. The molecule has 2 aromatic heterocycles. The van der Waals surface area contributed by atoms with Gasteiger partial charge in [0.15, 0.2) is 6.29 Å². The Morgan fingerprint density at radius 3 is 2.00 bits per heavy atom. The molecule has 5 rings (SSSR count). The van der Waals surface area contributed by atoms with E-state index in [2.05, 4.69) is 82.3 Å². The molecule has 0 saturated heterocycles. The predicted octanol–water partition coefficient (Wildman–Crippen LogP) is 5.72. The van der Waals surface area contributed by atoms with E-state index in [-0.39, 0.29) is 0 Å². The van der Waals surface area contributed by atoms with Crippen LogP contribution in [0.25, 0.3) is 38.1 Å². The minimum absolute atomic E-state index is 0.645. The molecule has 0 aliphatic heterocycles. The molecule has 0 fully saturated rings. The third-order valence-corrected chi connectivity index (χ3v) is 5.56. The first-order chi connectivity index (χ1) is 12.8. The molecule has 0 bridgehead atoms. The van der Waals surface area contributed by atoms with E-state index in [0.717, 1.165) is 22.5 Å². The number of carbonyl (C=O) groups excluding carboxylic acids is 1. The molecule has 0 aliphatic rings. The third-order valence-electron chi connectivity index (χ3n) is 4.59. The summed E-state index contributed by atoms with van der Waals surface area (Å²) in [5, 5.41) is 3.37. The van der Waals surface area contributed by atoms with Crippen molar-refractivity contribution in [3.63, 3.8) is 0 Å². The molecule has 0 radical (unpaired) electrons. The average molecular weight is 354 g/mol. The summed E-state index contributed by atoms with van der Waals surface area (Å²) in [7, 11) is 0. The summed E-state index contributed by atoms with van der Waals surface area (Å²) in [4.78, 5) is 15.9. The summed E-state index contributed by atoms with van der Waals surface area (Å²) >= 11 is 1.41. The van der Waals surface area contributed by atoms with Gasteiger partial charge in [-0.15, -0.1) is 11.3 Å². The van der Waals surface area contributed by atoms with Gasteiger partial charge in [-0.05, 0) is 36.4 Å². The van der Waals surface area contributed by atoms with Gasteiger partial charge in [-0.25, -0.2) is 4.98 Å². The van der Waals surface area contributed by atoms with Crippen LogP contribution in [0.3, 0.4) is 0 Å². The van der Waals surface area contributed by atoms with Crippen molar-refractivity contribution in [2.75, 3.05) is 0 Å². The van der Waals surface area contributed by atoms with Crippen LogP contribution in [0.1, 0.15) is 9.67 Å². The fourth-order valence-corrected chi connectivity index (χ4v) is 4.16. The zero-order valence-corrected chi connectivity index (χ0v) is 14.6. The van der Waals surface area contributed by atoms with Crippen LogP contribution in [0.5, 0.6) is 0 Å². The quantitative estimate of drug-likeness (QED) is 0.388. The predicted molar refractivity (Wildman–Crippen MR) is 107 cm³/mol. The molecular formula is C22H14N2OS. The normalized spacial score (nSPS) is 11.2. The van der Waals surface area contributed by atoms with Crippen LogP contribution >= 0.6 is 11.3 Å². The molecule has 5 aromatic rings. The monoisotopic (exact) mass is 354 g/mol. The van der Waals surface area contributed by atoms with Gasteiger partial charge in [0, 0.05) is 28.2 Å². The fourth-order valence-electron chi connectivity index (χ4n) is 3.43. The summed E-state index contributed by atoms with van der Waals surface area (Å²) in [6.45, 7) is 0. The fraction of sp³-hybridized carbons (Fsp3) is 0. The van der Waals surface area contributed by atoms with Crippen LogP contribution in [0.2, 0.25) is 0 Å². The van der Waals surface area contributed by atoms with E-state index in [1.54, 1.807) is 6.20 Å². The van der Waals surface area contributed by atoms with Crippen LogP contribution in [0, 0.1) is 0 Å². The highest BCUT2D eigenvalue weighted by atomic mass is 32.1. The smallest absolute Gasteiger partial charge is 0.161 e. The Morgan fingerprint density at radius 1 is 0.808 bits per heavy atom.